The van der Waals surface area contributed by atoms with Crippen molar-refractivity contribution in [3.8, 4) is 0 Å². The van der Waals surface area contributed by atoms with Crippen molar-refractivity contribution in [3.63, 3.8) is 0 Å². The van der Waals surface area contributed by atoms with Crippen LogP contribution in [0.4, 0.5) is 0 Å². The van der Waals surface area contributed by atoms with Crippen LogP contribution in [0.25, 0.3) is 11.0 Å². The molecule has 0 bridgehead atoms. The topological polar surface area (TPSA) is 54.7 Å². The second-order valence-electron chi connectivity index (χ2n) is 6.96. The Labute approximate surface area is 152 Å². The molecule has 2 aliphatic rings. The number of furan rings is 1. The van der Waals surface area contributed by atoms with Crippen molar-refractivity contribution in [1.82, 2.24) is 10.2 Å². The number of nitrogens with zero attached hydrogens (tertiary/aromatic N) is 1. The quantitative estimate of drug-likeness (QED) is 0.908. The number of nitrogens with one attached hydrogen (secondary N) is 1. The SMILES string of the molecule is Cc1ccc2oc(C(=O)NC[C@]3(N4CCOCC4)CCSC3)cc2c1. The van der Waals surface area contributed by atoms with Crippen LogP contribution in [0.2, 0.25) is 0 Å². The molecule has 3 heterocycles. The van der Waals surface area contributed by atoms with Crippen LogP contribution in [0.5, 0.6) is 0 Å². The molecule has 0 aliphatic carbocycles. The molecular formula is C19H24N2O3S. The van der Waals surface area contributed by atoms with E-state index in [0.29, 0.717) is 12.3 Å². The van der Waals surface area contributed by atoms with E-state index in [9.17, 15) is 4.79 Å². The van der Waals surface area contributed by atoms with E-state index >= 15 is 0 Å². The van der Waals surface area contributed by atoms with Crippen LogP contribution in [0.1, 0.15) is 22.5 Å². The van der Waals surface area contributed by atoms with Gasteiger partial charge in [-0.15, -0.1) is 0 Å². The fourth-order valence-electron chi connectivity index (χ4n) is 3.74. The van der Waals surface area contributed by atoms with Gasteiger partial charge in [0, 0.05) is 36.3 Å². The average Bonchev–Trinajstić information content (AvgIpc) is 3.28. The van der Waals surface area contributed by atoms with Gasteiger partial charge in [0.25, 0.3) is 5.91 Å². The lowest BCUT2D eigenvalue weighted by atomic mass is 9.95. The number of amides is 1. The molecule has 2 aromatic rings. The van der Waals surface area contributed by atoms with Crippen LogP contribution in [0.3, 0.4) is 0 Å². The summed E-state index contributed by atoms with van der Waals surface area (Å²) in [5.41, 5.74) is 1.97. The van der Waals surface area contributed by atoms with Gasteiger partial charge in [0.2, 0.25) is 0 Å². The van der Waals surface area contributed by atoms with E-state index < -0.39 is 0 Å². The Bertz CT molecular complexity index is 761. The standard InChI is InChI=1S/C19H24N2O3S/c1-14-2-3-16-15(10-14)11-17(24-16)18(22)20-12-19(4-9-25-13-19)21-5-7-23-8-6-21/h2-3,10-11H,4-9,12-13H2,1H3,(H,20,22)/t19-/m1/s1. The molecule has 1 atom stereocenters. The molecular weight excluding hydrogens is 336 g/mol. The minimum Gasteiger partial charge on any atom is -0.451 e. The molecule has 0 saturated carbocycles. The van der Waals surface area contributed by atoms with Gasteiger partial charge in [-0.3, -0.25) is 9.69 Å². The number of carbonyl (C=O) groups excluding carboxylic acids is 1. The Morgan fingerprint density at radius 2 is 2.16 bits per heavy atom. The predicted molar refractivity (Wildman–Crippen MR) is 100 cm³/mol. The largest absolute Gasteiger partial charge is 0.451 e. The van der Waals surface area contributed by atoms with E-state index in [-0.39, 0.29) is 11.4 Å². The summed E-state index contributed by atoms with van der Waals surface area (Å²) in [5, 5.41) is 4.10. The Kier molecular flexibility index (Phi) is 4.75. The van der Waals surface area contributed by atoms with Crippen LogP contribution in [-0.4, -0.2) is 60.7 Å². The third kappa shape index (κ3) is 3.43. The molecule has 1 N–H and O–H groups in total. The number of aryl methyl sites for hydroxylation is 1. The van der Waals surface area contributed by atoms with E-state index in [4.69, 9.17) is 9.15 Å². The van der Waals surface area contributed by atoms with Crippen molar-refractivity contribution in [1.29, 1.82) is 0 Å². The Morgan fingerprint density at radius 3 is 2.92 bits per heavy atom. The van der Waals surface area contributed by atoms with Gasteiger partial charge in [0.05, 0.1) is 13.2 Å². The summed E-state index contributed by atoms with van der Waals surface area (Å²) in [7, 11) is 0. The van der Waals surface area contributed by atoms with Crippen LogP contribution in [0.15, 0.2) is 28.7 Å². The number of hydrogen-bond donors (Lipinski definition) is 1. The summed E-state index contributed by atoms with van der Waals surface area (Å²) in [6.07, 6.45) is 1.11. The van der Waals surface area contributed by atoms with Gasteiger partial charge >= 0.3 is 0 Å². The number of morpholine rings is 1. The summed E-state index contributed by atoms with van der Waals surface area (Å²) in [6, 6.07) is 7.79. The summed E-state index contributed by atoms with van der Waals surface area (Å²) >= 11 is 1.97. The van der Waals surface area contributed by atoms with Crippen molar-refractivity contribution in [2.45, 2.75) is 18.9 Å². The highest BCUT2D eigenvalue weighted by Gasteiger charge is 2.41. The highest BCUT2D eigenvalue weighted by Crippen LogP contribution is 2.33. The molecule has 4 rings (SSSR count). The van der Waals surface area contributed by atoms with E-state index in [2.05, 4.69) is 10.2 Å². The van der Waals surface area contributed by atoms with E-state index in [1.807, 2.05) is 43.0 Å². The molecule has 2 aliphatic heterocycles. The number of fused-ring (bicyclic) bond motifs is 1. The first kappa shape index (κ1) is 16.9. The highest BCUT2D eigenvalue weighted by atomic mass is 32.2. The van der Waals surface area contributed by atoms with Gasteiger partial charge in [-0.2, -0.15) is 11.8 Å². The molecule has 25 heavy (non-hydrogen) atoms. The summed E-state index contributed by atoms with van der Waals surface area (Å²) in [5.74, 6) is 2.48. The van der Waals surface area contributed by atoms with E-state index in [1.54, 1.807) is 0 Å². The fraction of sp³-hybridized carbons (Fsp3) is 0.526. The van der Waals surface area contributed by atoms with Crippen molar-refractivity contribution >= 4 is 28.6 Å². The molecule has 2 fully saturated rings. The first-order valence-corrected chi connectivity index (χ1v) is 10.0. The molecule has 5 nitrogen and oxygen atoms in total. The number of benzene rings is 1. The number of thioether (sulfide) groups is 1. The third-order valence-corrected chi connectivity index (χ3v) is 6.47. The first-order chi connectivity index (χ1) is 12.2. The lowest BCUT2D eigenvalue weighted by molar-refractivity contribution is -0.0129. The van der Waals surface area contributed by atoms with Gasteiger partial charge in [0.1, 0.15) is 5.58 Å². The molecule has 1 aromatic carbocycles. The Morgan fingerprint density at radius 1 is 1.32 bits per heavy atom. The van der Waals surface area contributed by atoms with Crippen molar-refractivity contribution in [2.75, 3.05) is 44.4 Å². The molecule has 134 valence electrons. The second-order valence-corrected chi connectivity index (χ2v) is 8.07. The molecule has 1 aromatic heterocycles. The minimum absolute atomic E-state index is 0.0483. The first-order valence-electron chi connectivity index (χ1n) is 8.85. The van der Waals surface area contributed by atoms with Gasteiger partial charge in [-0.25, -0.2) is 0 Å². The monoisotopic (exact) mass is 360 g/mol. The Balaban J connectivity index is 1.47. The zero-order valence-corrected chi connectivity index (χ0v) is 15.4. The maximum absolute atomic E-state index is 12.6. The zero-order valence-electron chi connectivity index (χ0n) is 14.5. The number of rotatable bonds is 4. The van der Waals surface area contributed by atoms with Crippen molar-refractivity contribution < 1.29 is 13.9 Å². The summed E-state index contributed by atoms with van der Waals surface area (Å²) < 4.78 is 11.2. The second kappa shape index (κ2) is 7.02. The molecule has 0 unspecified atom stereocenters. The zero-order chi connectivity index (χ0) is 17.3. The molecule has 2 saturated heterocycles. The minimum atomic E-state index is -0.126. The lowest BCUT2D eigenvalue weighted by Gasteiger charge is -2.42. The van der Waals surface area contributed by atoms with E-state index in [1.165, 1.54) is 0 Å². The predicted octanol–water partition coefficient (Wildman–Crippen LogP) is 2.68. The summed E-state index contributed by atoms with van der Waals surface area (Å²) in [6.45, 7) is 6.15. The fourth-order valence-corrected chi connectivity index (χ4v) is 5.22. The molecule has 6 heteroatoms. The summed E-state index contributed by atoms with van der Waals surface area (Å²) in [4.78, 5) is 15.1. The number of ether oxygens (including phenoxy) is 1. The number of hydrogen-bond acceptors (Lipinski definition) is 5. The molecule has 1 amide bonds. The van der Waals surface area contributed by atoms with Crippen molar-refractivity contribution in [3.05, 3.63) is 35.6 Å². The van der Waals surface area contributed by atoms with Crippen LogP contribution in [0, 0.1) is 6.92 Å². The smallest absolute Gasteiger partial charge is 0.287 e. The Hall–Kier alpha value is -1.50. The van der Waals surface area contributed by atoms with Crippen LogP contribution in [-0.2, 0) is 4.74 Å². The molecule has 0 radical (unpaired) electrons. The van der Waals surface area contributed by atoms with Crippen molar-refractivity contribution in [2.24, 2.45) is 0 Å². The van der Waals surface area contributed by atoms with Crippen LogP contribution >= 0.6 is 11.8 Å². The highest BCUT2D eigenvalue weighted by molar-refractivity contribution is 7.99. The number of carbonyl (C=O) groups is 1. The normalized spacial score (nSPS) is 24.7. The average molecular weight is 360 g/mol. The van der Waals surface area contributed by atoms with Gasteiger partial charge < -0.3 is 14.5 Å². The molecule has 0 spiro atoms. The third-order valence-electron chi connectivity index (χ3n) is 5.24. The maximum Gasteiger partial charge on any atom is 0.287 e. The van der Waals surface area contributed by atoms with Gasteiger partial charge in [0.15, 0.2) is 5.76 Å². The lowest BCUT2D eigenvalue weighted by Crippen LogP contribution is -2.59. The van der Waals surface area contributed by atoms with Gasteiger partial charge in [-0.1, -0.05) is 11.6 Å². The van der Waals surface area contributed by atoms with E-state index in [0.717, 1.165) is 60.8 Å². The van der Waals surface area contributed by atoms with Gasteiger partial charge in [-0.05, 0) is 37.3 Å². The maximum atomic E-state index is 12.6. The van der Waals surface area contributed by atoms with Crippen LogP contribution < -0.4 is 5.32 Å².